The van der Waals surface area contributed by atoms with E-state index < -0.39 is 12.1 Å². The van der Waals surface area contributed by atoms with Crippen molar-refractivity contribution in [1.29, 1.82) is 0 Å². The molecule has 0 bridgehead atoms. The molecule has 0 saturated heterocycles. The van der Waals surface area contributed by atoms with Gasteiger partial charge in [-0.15, -0.1) is 12.4 Å². The molecule has 0 aromatic heterocycles. The first-order valence-corrected chi connectivity index (χ1v) is 7.52. The molecule has 6 heteroatoms. The van der Waals surface area contributed by atoms with Crippen molar-refractivity contribution in [3.8, 4) is 5.75 Å². The summed E-state index contributed by atoms with van der Waals surface area (Å²) in [4.78, 5) is 10.4. The molecule has 24 heavy (non-hydrogen) atoms. The van der Waals surface area contributed by atoms with Crippen LogP contribution in [0.25, 0.3) is 0 Å². The van der Waals surface area contributed by atoms with Crippen molar-refractivity contribution in [1.82, 2.24) is 5.32 Å². The number of rotatable bonds is 9. The molecule has 0 aliphatic rings. The minimum Gasteiger partial charge on any atom is -0.482 e. The summed E-state index contributed by atoms with van der Waals surface area (Å²) in [5, 5.41) is 21.8. The van der Waals surface area contributed by atoms with E-state index in [0.29, 0.717) is 12.3 Å². The zero-order chi connectivity index (χ0) is 16.5. The lowest BCUT2D eigenvalue weighted by Gasteiger charge is -2.12. The Morgan fingerprint density at radius 3 is 2.38 bits per heavy atom. The molecule has 3 N–H and O–H groups in total. The van der Waals surface area contributed by atoms with Crippen molar-refractivity contribution < 1.29 is 19.7 Å². The largest absolute Gasteiger partial charge is 0.482 e. The van der Waals surface area contributed by atoms with Gasteiger partial charge in [-0.1, -0.05) is 42.5 Å². The molecule has 0 aliphatic carbocycles. The van der Waals surface area contributed by atoms with Gasteiger partial charge in [0.25, 0.3) is 0 Å². The molecular weight excluding hydrogens is 330 g/mol. The predicted molar refractivity (Wildman–Crippen MR) is 94.8 cm³/mol. The molecule has 2 aromatic rings. The number of aliphatic hydroxyl groups is 1. The normalized spacial score (nSPS) is 11.4. The van der Waals surface area contributed by atoms with E-state index in [2.05, 4.69) is 5.32 Å². The molecule has 1 atom stereocenters. The van der Waals surface area contributed by atoms with Gasteiger partial charge >= 0.3 is 5.97 Å². The highest BCUT2D eigenvalue weighted by Gasteiger charge is 2.05. The second-order valence-corrected chi connectivity index (χ2v) is 5.21. The number of carboxylic acid groups (broad SMARTS) is 1. The molecule has 0 saturated carbocycles. The average molecular weight is 352 g/mol. The third-order valence-electron chi connectivity index (χ3n) is 3.40. The molecule has 0 spiro atoms. The van der Waals surface area contributed by atoms with Gasteiger partial charge in [0.15, 0.2) is 6.61 Å². The minimum absolute atomic E-state index is 0. The van der Waals surface area contributed by atoms with Gasteiger partial charge in [0.05, 0.1) is 6.10 Å². The summed E-state index contributed by atoms with van der Waals surface area (Å²) in [6, 6.07) is 16.9. The Balaban J connectivity index is 0.00000288. The molecule has 0 fully saturated rings. The molecule has 1 unspecified atom stereocenters. The molecule has 130 valence electrons. The lowest BCUT2D eigenvalue weighted by Crippen LogP contribution is -2.23. The maximum absolute atomic E-state index is 10.4. The number of nitrogens with one attached hydrogen (secondary N) is 1. The first-order chi connectivity index (χ1) is 11.1. The summed E-state index contributed by atoms with van der Waals surface area (Å²) in [5.41, 5.74) is 2.02. The van der Waals surface area contributed by atoms with Crippen LogP contribution in [0, 0.1) is 0 Å². The van der Waals surface area contributed by atoms with Crippen molar-refractivity contribution in [2.24, 2.45) is 0 Å². The third kappa shape index (κ3) is 7.00. The first kappa shape index (κ1) is 20.0. The van der Waals surface area contributed by atoms with Crippen molar-refractivity contribution in [3.05, 3.63) is 65.7 Å². The number of benzene rings is 2. The van der Waals surface area contributed by atoms with Gasteiger partial charge in [0.2, 0.25) is 0 Å². The van der Waals surface area contributed by atoms with E-state index in [1.165, 1.54) is 0 Å². The Morgan fingerprint density at radius 1 is 1.08 bits per heavy atom. The van der Waals surface area contributed by atoms with Crippen molar-refractivity contribution in [2.75, 3.05) is 19.7 Å². The van der Waals surface area contributed by atoms with Gasteiger partial charge in [0.1, 0.15) is 5.75 Å². The van der Waals surface area contributed by atoms with Crippen molar-refractivity contribution in [3.63, 3.8) is 0 Å². The lowest BCUT2D eigenvalue weighted by atomic mass is 10.1. The van der Waals surface area contributed by atoms with Gasteiger partial charge in [-0.3, -0.25) is 0 Å². The summed E-state index contributed by atoms with van der Waals surface area (Å²) in [7, 11) is 0. The minimum atomic E-state index is -0.991. The highest BCUT2D eigenvalue weighted by Crippen LogP contribution is 2.13. The number of hydrogen-bond acceptors (Lipinski definition) is 4. The Hall–Kier alpha value is -2.08. The highest BCUT2D eigenvalue weighted by molar-refractivity contribution is 5.85. The van der Waals surface area contributed by atoms with E-state index in [1.807, 2.05) is 42.5 Å². The SMILES string of the molecule is Cl.O=C(O)COc1ccc(CCNCC(O)c2ccccc2)cc1. The van der Waals surface area contributed by atoms with Crippen LogP contribution in [0.15, 0.2) is 54.6 Å². The molecular formula is C18H22ClNO4. The van der Waals surface area contributed by atoms with Crippen molar-refractivity contribution >= 4 is 18.4 Å². The average Bonchev–Trinajstić information content (AvgIpc) is 2.58. The Bertz CT molecular complexity index is 604. The van der Waals surface area contributed by atoms with Gasteiger partial charge in [-0.25, -0.2) is 4.79 Å². The van der Waals surface area contributed by atoms with Crippen LogP contribution in [0.2, 0.25) is 0 Å². The van der Waals surface area contributed by atoms with Gasteiger partial charge in [-0.2, -0.15) is 0 Å². The van der Waals surface area contributed by atoms with Crippen LogP contribution >= 0.6 is 12.4 Å². The monoisotopic (exact) mass is 351 g/mol. The fraction of sp³-hybridized carbons (Fsp3) is 0.278. The molecule has 0 aliphatic heterocycles. The Kier molecular flexibility index (Phi) is 8.86. The van der Waals surface area contributed by atoms with Crippen molar-refractivity contribution in [2.45, 2.75) is 12.5 Å². The number of aliphatic hydroxyl groups excluding tert-OH is 1. The van der Waals surface area contributed by atoms with Crippen LogP contribution in [0.3, 0.4) is 0 Å². The molecule has 2 aromatic carbocycles. The van der Waals surface area contributed by atoms with E-state index >= 15 is 0 Å². The smallest absolute Gasteiger partial charge is 0.341 e. The number of hydrogen-bond donors (Lipinski definition) is 3. The van der Waals surface area contributed by atoms with Crippen LogP contribution in [-0.2, 0) is 11.2 Å². The van der Waals surface area contributed by atoms with E-state index in [9.17, 15) is 9.90 Å². The Morgan fingerprint density at radius 2 is 1.75 bits per heavy atom. The fourth-order valence-corrected chi connectivity index (χ4v) is 2.16. The number of carbonyl (C=O) groups is 1. The summed E-state index contributed by atoms with van der Waals surface area (Å²) >= 11 is 0. The zero-order valence-corrected chi connectivity index (χ0v) is 14.0. The lowest BCUT2D eigenvalue weighted by molar-refractivity contribution is -0.139. The maximum Gasteiger partial charge on any atom is 0.341 e. The summed E-state index contributed by atoms with van der Waals surface area (Å²) < 4.78 is 5.08. The van der Waals surface area contributed by atoms with Crippen LogP contribution in [0.5, 0.6) is 5.75 Å². The fourth-order valence-electron chi connectivity index (χ4n) is 2.16. The number of ether oxygens (including phenoxy) is 1. The predicted octanol–water partition coefficient (Wildman–Crippen LogP) is 2.44. The molecule has 0 radical (unpaired) electrons. The van der Waals surface area contributed by atoms with E-state index in [4.69, 9.17) is 9.84 Å². The van der Waals surface area contributed by atoms with E-state index in [0.717, 1.165) is 24.1 Å². The second-order valence-electron chi connectivity index (χ2n) is 5.21. The molecule has 0 amide bonds. The second kappa shape index (κ2) is 10.6. The van der Waals surface area contributed by atoms with E-state index in [1.54, 1.807) is 12.1 Å². The molecule has 0 heterocycles. The summed E-state index contributed by atoms with van der Waals surface area (Å²) in [5.74, 6) is -0.446. The van der Waals surface area contributed by atoms with Gasteiger partial charge in [0, 0.05) is 6.54 Å². The number of carboxylic acids is 1. The summed E-state index contributed by atoms with van der Waals surface area (Å²) in [6.45, 7) is 0.918. The van der Waals surface area contributed by atoms with Crippen LogP contribution in [0.1, 0.15) is 17.2 Å². The van der Waals surface area contributed by atoms with Crippen LogP contribution in [0.4, 0.5) is 0 Å². The van der Waals surface area contributed by atoms with Crippen LogP contribution < -0.4 is 10.1 Å². The van der Waals surface area contributed by atoms with Crippen LogP contribution in [-0.4, -0.2) is 35.9 Å². The molecule has 5 nitrogen and oxygen atoms in total. The standard InChI is InChI=1S/C18H21NO4.ClH/c20-17(15-4-2-1-3-5-15)12-19-11-10-14-6-8-16(9-7-14)23-13-18(21)22;/h1-9,17,19-20H,10-13H2,(H,21,22);1H. The molecule has 2 rings (SSSR count). The number of aliphatic carboxylic acids is 1. The highest BCUT2D eigenvalue weighted by atomic mass is 35.5. The maximum atomic E-state index is 10.4. The Labute approximate surface area is 147 Å². The first-order valence-electron chi connectivity index (χ1n) is 7.52. The topological polar surface area (TPSA) is 78.8 Å². The summed E-state index contributed by atoms with van der Waals surface area (Å²) in [6.07, 6.45) is 0.309. The van der Waals surface area contributed by atoms with Gasteiger partial charge < -0.3 is 20.3 Å². The third-order valence-corrected chi connectivity index (χ3v) is 3.40. The van der Waals surface area contributed by atoms with Gasteiger partial charge in [-0.05, 0) is 36.2 Å². The van der Waals surface area contributed by atoms with E-state index in [-0.39, 0.29) is 19.0 Å². The quantitative estimate of drug-likeness (QED) is 0.605. The zero-order valence-electron chi connectivity index (χ0n) is 13.2. The number of halogens is 1.